The zero-order valence-corrected chi connectivity index (χ0v) is 15.5. The van der Waals surface area contributed by atoms with Gasteiger partial charge in [-0.2, -0.15) is 0 Å². The van der Waals surface area contributed by atoms with Crippen molar-refractivity contribution in [2.24, 2.45) is 9.98 Å². The quantitative estimate of drug-likeness (QED) is 0.719. The van der Waals surface area contributed by atoms with Crippen molar-refractivity contribution in [3.05, 3.63) is 35.7 Å². The second kappa shape index (κ2) is 8.52. The van der Waals surface area contributed by atoms with Crippen molar-refractivity contribution in [2.45, 2.75) is 76.3 Å². The number of nitrogens with zero attached hydrogens (tertiary/aromatic N) is 4. The van der Waals surface area contributed by atoms with E-state index in [0.29, 0.717) is 12.1 Å². The summed E-state index contributed by atoms with van der Waals surface area (Å²) in [6, 6.07) is 9.18. The molecule has 0 bridgehead atoms. The Balaban J connectivity index is 1.48. The van der Waals surface area contributed by atoms with Gasteiger partial charge in [-0.25, -0.2) is 9.97 Å². The lowest BCUT2D eigenvalue weighted by Crippen LogP contribution is -2.10. The van der Waals surface area contributed by atoms with E-state index in [0.717, 1.165) is 22.4 Å². The summed E-state index contributed by atoms with van der Waals surface area (Å²) >= 11 is 0. The molecule has 2 aromatic rings. The van der Waals surface area contributed by atoms with Gasteiger partial charge in [0.15, 0.2) is 5.65 Å². The van der Waals surface area contributed by atoms with Gasteiger partial charge in [0, 0.05) is 17.8 Å². The average Bonchev–Trinajstić information content (AvgIpc) is 2.72. The summed E-state index contributed by atoms with van der Waals surface area (Å²) in [6.45, 7) is 0. The molecule has 0 aromatic carbocycles. The number of hydrogen-bond acceptors (Lipinski definition) is 4. The van der Waals surface area contributed by atoms with E-state index in [1.807, 2.05) is 24.6 Å². The highest BCUT2D eigenvalue weighted by Gasteiger charge is 2.12. The Kier molecular flexibility index (Phi) is 5.68. The molecule has 2 fully saturated rings. The molecule has 2 aromatic heterocycles. The normalized spacial score (nSPS) is 20.5. The van der Waals surface area contributed by atoms with Crippen molar-refractivity contribution in [3.63, 3.8) is 0 Å². The number of fused-ring (bicyclic) bond motifs is 1. The van der Waals surface area contributed by atoms with Gasteiger partial charge in [0.25, 0.3) is 0 Å². The van der Waals surface area contributed by atoms with Crippen LogP contribution in [-0.2, 0) is 0 Å². The van der Waals surface area contributed by atoms with Crippen molar-refractivity contribution in [3.8, 4) is 0 Å². The number of pyridine rings is 2. The summed E-state index contributed by atoms with van der Waals surface area (Å²) in [4.78, 5) is 18.9. The first-order valence-corrected chi connectivity index (χ1v) is 10.2. The molecular formula is C22H28N4. The fraction of sp³-hybridized carbons (Fsp3) is 0.545. The maximum atomic E-state index is 4.74. The van der Waals surface area contributed by atoms with E-state index >= 15 is 0 Å². The standard InChI is InChI=1S/C22H28N4/c1-3-7-18(8-4-1)23-15-20-13-11-17-12-14-21(26-22(17)25-20)16-24-19-9-5-2-6-10-19/h11-16,18-19H,1-10H2. The maximum absolute atomic E-state index is 4.74. The Bertz CT molecular complexity index is 721. The molecule has 2 heterocycles. The van der Waals surface area contributed by atoms with Crippen molar-refractivity contribution in [1.29, 1.82) is 0 Å². The first kappa shape index (κ1) is 17.3. The lowest BCUT2D eigenvalue weighted by Gasteiger charge is -2.17. The highest BCUT2D eigenvalue weighted by Crippen LogP contribution is 2.21. The Hall–Kier alpha value is -2.10. The summed E-state index contributed by atoms with van der Waals surface area (Å²) in [6.07, 6.45) is 16.6. The van der Waals surface area contributed by atoms with Crippen LogP contribution in [-0.4, -0.2) is 34.5 Å². The molecule has 0 radical (unpaired) electrons. The minimum absolute atomic E-state index is 0.475. The highest BCUT2D eigenvalue weighted by atomic mass is 14.9. The number of rotatable bonds is 4. The molecule has 2 saturated carbocycles. The number of aromatic nitrogens is 2. The SMILES string of the molecule is C(=NC1CCCCC1)c1ccc2ccc(C=NC3CCCCC3)nc2n1. The zero-order valence-electron chi connectivity index (χ0n) is 15.5. The van der Waals surface area contributed by atoms with Gasteiger partial charge >= 0.3 is 0 Å². The largest absolute Gasteiger partial charge is 0.288 e. The van der Waals surface area contributed by atoms with Gasteiger partial charge in [0.1, 0.15) is 0 Å². The molecule has 4 nitrogen and oxygen atoms in total. The monoisotopic (exact) mass is 348 g/mol. The topological polar surface area (TPSA) is 50.5 Å². The van der Waals surface area contributed by atoms with E-state index in [2.05, 4.69) is 12.1 Å². The summed E-state index contributed by atoms with van der Waals surface area (Å²) in [5, 5.41) is 1.06. The van der Waals surface area contributed by atoms with Gasteiger partial charge in [0.2, 0.25) is 0 Å². The van der Waals surface area contributed by atoms with Crippen LogP contribution in [0.1, 0.15) is 75.6 Å². The van der Waals surface area contributed by atoms with Crippen molar-refractivity contribution >= 4 is 23.5 Å². The lowest BCUT2D eigenvalue weighted by atomic mass is 9.96. The van der Waals surface area contributed by atoms with Gasteiger partial charge in [-0.1, -0.05) is 38.5 Å². The molecule has 4 heteroatoms. The lowest BCUT2D eigenvalue weighted by molar-refractivity contribution is 0.444. The minimum atomic E-state index is 0.475. The highest BCUT2D eigenvalue weighted by molar-refractivity contribution is 5.86. The van der Waals surface area contributed by atoms with E-state index in [1.54, 1.807) is 0 Å². The second-order valence-electron chi connectivity index (χ2n) is 7.66. The van der Waals surface area contributed by atoms with Crippen molar-refractivity contribution < 1.29 is 0 Å². The molecule has 4 rings (SSSR count). The maximum Gasteiger partial charge on any atom is 0.160 e. The summed E-state index contributed by atoms with van der Waals surface area (Å²) in [5.41, 5.74) is 2.58. The Morgan fingerprint density at radius 3 is 1.58 bits per heavy atom. The van der Waals surface area contributed by atoms with E-state index in [1.165, 1.54) is 64.2 Å². The fourth-order valence-corrected chi connectivity index (χ4v) is 4.00. The van der Waals surface area contributed by atoms with Crippen LogP contribution in [0.2, 0.25) is 0 Å². The first-order valence-electron chi connectivity index (χ1n) is 10.2. The van der Waals surface area contributed by atoms with Crippen LogP contribution in [0.5, 0.6) is 0 Å². The second-order valence-corrected chi connectivity index (χ2v) is 7.66. The van der Waals surface area contributed by atoms with Crippen LogP contribution in [0.4, 0.5) is 0 Å². The Morgan fingerprint density at radius 2 is 1.12 bits per heavy atom. The van der Waals surface area contributed by atoms with Crippen LogP contribution < -0.4 is 0 Å². The molecule has 0 amide bonds. The molecule has 136 valence electrons. The molecule has 0 spiro atoms. The molecule has 0 atom stereocenters. The molecule has 0 aliphatic heterocycles. The zero-order chi connectivity index (χ0) is 17.6. The van der Waals surface area contributed by atoms with Crippen LogP contribution >= 0.6 is 0 Å². The molecule has 0 saturated heterocycles. The molecule has 26 heavy (non-hydrogen) atoms. The molecule has 2 aliphatic carbocycles. The van der Waals surface area contributed by atoms with Crippen LogP contribution in [0, 0.1) is 0 Å². The summed E-state index contributed by atoms with van der Waals surface area (Å²) in [7, 11) is 0. The van der Waals surface area contributed by atoms with Crippen LogP contribution in [0.25, 0.3) is 11.0 Å². The van der Waals surface area contributed by atoms with Crippen LogP contribution in [0.15, 0.2) is 34.3 Å². The van der Waals surface area contributed by atoms with Gasteiger partial charge in [0.05, 0.1) is 23.5 Å². The van der Waals surface area contributed by atoms with Crippen molar-refractivity contribution in [1.82, 2.24) is 9.97 Å². The van der Waals surface area contributed by atoms with E-state index in [9.17, 15) is 0 Å². The van der Waals surface area contributed by atoms with Gasteiger partial charge in [-0.3, -0.25) is 9.98 Å². The molecule has 0 unspecified atom stereocenters. The number of aliphatic imine (C=N–C) groups is 2. The predicted molar refractivity (Wildman–Crippen MR) is 108 cm³/mol. The summed E-state index contributed by atoms with van der Waals surface area (Å²) < 4.78 is 0. The molecule has 2 aliphatic rings. The smallest absolute Gasteiger partial charge is 0.160 e. The predicted octanol–water partition coefficient (Wildman–Crippen LogP) is 5.13. The Morgan fingerprint density at radius 1 is 0.654 bits per heavy atom. The van der Waals surface area contributed by atoms with Crippen LogP contribution in [0.3, 0.4) is 0 Å². The summed E-state index contributed by atoms with van der Waals surface area (Å²) in [5.74, 6) is 0. The van der Waals surface area contributed by atoms with Gasteiger partial charge in [-0.05, 0) is 49.9 Å². The Labute approximate surface area is 155 Å². The first-order chi connectivity index (χ1) is 12.9. The molecular weight excluding hydrogens is 320 g/mol. The van der Waals surface area contributed by atoms with Crippen molar-refractivity contribution in [2.75, 3.05) is 0 Å². The average molecular weight is 348 g/mol. The van der Waals surface area contributed by atoms with Gasteiger partial charge in [-0.15, -0.1) is 0 Å². The van der Waals surface area contributed by atoms with E-state index in [-0.39, 0.29) is 0 Å². The van der Waals surface area contributed by atoms with E-state index < -0.39 is 0 Å². The third-order valence-electron chi connectivity index (χ3n) is 5.58. The van der Waals surface area contributed by atoms with E-state index in [4.69, 9.17) is 20.0 Å². The third-order valence-corrected chi connectivity index (χ3v) is 5.58. The fourth-order valence-electron chi connectivity index (χ4n) is 4.00. The third kappa shape index (κ3) is 4.54. The number of hydrogen-bond donors (Lipinski definition) is 0. The minimum Gasteiger partial charge on any atom is -0.288 e. The molecule has 0 N–H and O–H groups in total. The van der Waals surface area contributed by atoms with Gasteiger partial charge < -0.3 is 0 Å².